The van der Waals surface area contributed by atoms with E-state index in [0.717, 1.165) is 0 Å². The van der Waals surface area contributed by atoms with Crippen LogP contribution in [0, 0.1) is 16.0 Å². The molecule has 0 radical (unpaired) electrons. The average molecular weight is 207 g/mol. The molecule has 0 unspecified atom stereocenters. The van der Waals surface area contributed by atoms with Crippen LogP contribution in [0.1, 0.15) is 17.9 Å². The van der Waals surface area contributed by atoms with E-state index in [1.54, 1.807) is 18.2 Å². The minimum atomic E-state index is -0.877. The Morgan fingerprint density at radius 1 is 1.47 bits per heavy atom. The van der Waals surface area contributed by atoms with Gasteiger partial charge in [-0.05, 0) is 6.42 Å². The summed E-state index contributed by atoms with van der Waals surface area (Å²) in [6, 6.07) is 6.32. The number of nitrogens with zero attached hydrogens (tertiary/aromatic N) is 1. The van der Waals surface area contributed by atoms with E-state index in [-0.39, 0.29) is 11.6 Å². The summed E-state index contributed by atoms with van der Waals surface area (Å²) >= 11 is 0. The van der Waals surface area contributed by atoms with Gasteiger partial charge in [0.15, 0.2) is 0 Å². The molecule has 5 nitrogen and oxygen atoms in total. The highest BCUT2D eigenvalue weighted by Gasteiger charge is 2.46. The number of hydrogen-bond donors (Lipinski definition) is 1. The lowest BCUT2D eigenvalue weighted by atomic mass is 10.1. The largest absolute Gasteiger partial charge is 0.481 e. The molecule has 0 amide bonds. The van der Waals surface area contributed by atoms with Gasteiger partial charge in [-0.15, -0.1) is 0 Å². The van der Waals surface area contributed by atoms with Crippen LogP contribution in [0.4, 0.5) is 5.69 Å². The predicted octanol–water partition coefficient (Wildman–Crippen LogP) is 1.78. The number of rotatable bonds is 3. The fourth-order valence-corrected chi connectivity index (χ4v) is 1.78. The summed E-state index contributed by atoms with van der Waals surface area (Å²) in [5, 5.41) is 19.4. The number of nitro benzene ring substituents is 1. The molecule has 0 bridgehead atoms. The summed E-state index contributed by atoms with van der Waals surface area (Å²) in [6.45, 7) is 0. The maximum Gasteiger partial charge on any atom is 0.307 e. The SMILES string of the molecule is O=C(O)[C@@H]1C[C@@H]1c1ccccc1[N+](=O)[O-]. The number of para-hydroxylation sites is 1. The third kappa shape index (κ3) is 1.68. The normalized spacial score (nSPS) is 23.5. The zero-order valence-electron chi connectivity index (χ0n) is 7.79. The van der Waals surface area contributed by atoms with E-state index in [2.05, 4.69) is 0 Å². The molecule has 0 saturated heterocycles. The number of carboxylic acids is 1. The second-order valence-electron chi connectivity index (χ2n) is 3.60. The van der Waals surface area contributed by atoms with E-state index < -0.39 is 16.8 Å². The van der Waals surface area contributed by atoms with Crippen LogP contribution >= 0.6 is 0 Å². The third-order valence-electron chi connectivity index (χ3n) is 2.64. The quantitative estimate of drug-likeness (QED) is 0.605. The number of carboxylic acid groups (broad SMARTS) is 1. The molecule has 0 aliphatic heterocycles. The Labute approximate surface area is 85.5 Å². The van der Waals surface area contributed by atoms with Crippen molar-refractivity contribution >= 4 is 11.7 Å². The van der Waals surface area contributed by atoms with Gasteiger partial charge in [-0.1, -0.05) is 18.2 Å². The summed E-state index contributed by atoms with van der Waals surface area (Å²) in [4.78, 5) is 20.9. The Bertz CT molecular complexity index is 429. The van der Waals surface area contributed by atoms with Crippen molar-refractivity contribution in [3.63, 3.8) is 0 Å². The molecule has 1 N–H and O–H groups in total. The predicted molar refractivity (Wildman–Crippen MR) is 51.6 cm³/mol. The van der Waals surface area contributed by atoms with Gasteiger partial charge in [0, 0.05) is 17.5 Å². The summed E-state index contributed by atoms with van der Waals surface area (Å²) in [5.41, 5.74) is 0.557. The highest BCUT2D eigenvalue weighted by atomic mass is 16.6. The van der Waals surface area contributed by atoms with Gasteiger partial charge in [-0.25, -0.2) is 0 Å². The Hall–Kier alpha value is -1.91. The average Bonchev–Trinajstić information content (AvgIpc) is 2.97. The lowest BCUT2D eigenvalue weighted by Crippen LogP contribution is -2.00. The van der Waals surface area contributed by atoms with E-state index in [1.165, 1.54) is 6.07 Å². The van der Waals surface area contributed by atoms with Crippen LogP contribution in [0.3, 0.4) is 0 Å². The number of aliphatic carboxylic acids is 1. The maximum absolute atomic E-state index is 10.7. The molecule has 1 aliphatic carbocycles. The van der Waals surface area contributed by atoms with Gasteiger partial charge in [0.05, 0.1) is 10.8 Å². The van der Waals surface area contributed by atoms with Crippen LogP contribution in [-0.4, -0.2) is 16.0 Å². The van der Waals surface area contributed by atoms with Crippen molar-refractivity contribution in [1.29, 1.82) is 0 Å². The van der Waals surface area contributed by atoms with Crippen molar-refractivity contribution in [3.05, 3.63) is 39.9 Å². The van der Waals surface area contributed by atoms with E-state index in [4.69, 9.17) is 5.11 Å². The van der Waals surface area contributed by atoms with Gasteiger partial charge in [0.25, 0.3) is 5.69 Å². The number of carbonyl (C=O) groups is 1. The monoisotopic (exact) mass is 207 g/mol. The topological polar surface area (TPSA) is 80.4 Å². The fraction of sp³-hybridized carbons (Fsp3) is 0.300. The van der Waals surface area contributed by atoms with E-state index in [9.17, 15) is 14.9 Å². The summed E-state index contributed by atoms with van der Waals surface area (Å²) in [6.07, 6.45) is 0.500. The molecular formula is C10H9NO4. The van der Waals surface area contributed by atoms with Crippen LogP contribution in [0.15, 0.2) is 24.3 Å². The van der Waals surface area contributed by atoms with E-state index in [0.29, 0.717) is 12.0 Å². The molecule has 1 aliphatic rings. The first-order chi connectivity index (χ1) is 7.11. The molecule has 0 aromatic heterocycles. The van der Waals surface area contributed by atoms with Crippen LogP contribution in [-0.2, 0) is 4.79 Å². The van der Waals surface area contributed by atoms with Crippen molar-refractivity contribution < 1.29 is 14.8 Å². The molecule has 0 spiro atoms. The summed E-state index contributed by atoms with van der Waals surface area (Å²) < 4.78 is 0. The lowest BCUT2D eigenvalue weighted by molar-refractivity contribution is -0.385. The Balaban J connectivity index is 2.30. The van der Waals surface area contributed by atoms with Crippen molar-refractivity contribution in [2.24, 2.45) is 5.92 Å². The van der Waals surface area contributed by atoms with Gasteiger partial charge in [-0.2, -0.15) is 0 Å². The Morgan fingerprint density at radius 2 is 2.13 bits per heavy atom. The second-order valence-corrected chi connectivity index (χ2v) is 3.60. The van der Waals surface area contributed by atoms with Crippen LogP contribution in [0.25, 0.3) is 0 Å². The minimum Gasteiger partial charge on any atom is -0.481 e. The molecule has 1 fully saturated rings. The molecule has 2 atom stereocenters. The van der Waals surface area contributed by atoms with Gasteiger partial charge < -0.3 is 5.11 Å². The zero-order valence-corrected chi connectivity index (χ0v) is 7.79. The summed E-state index contributed by atoms with van der Waals surface area (Å²) in [7, 11) is 0. The van der Waals surface area contributed by atoms with Crippen molar-refractivity contribution in [3.8, 4) is 0 Å². The Kier molecular flexibility index (Phi) is 2.15. The van der Waals surface area contributed by atoms with Crippen LogP contribution in [0.2, 0.25) is 0 Å². The first kappa shape index (κ1) is 9.64. The number of hydrogen-bond acceptors (Lipinski definition) is 3. The van der Waals surface area contributed by atoms with E-state index in [1.807, 2.05) is 0 Å². The van der Waals surface area contributed by atoms with Crippen molar-refractivity contribution in [2.75, 3.05) is 0 Å². The molecule has 5 heteroatoms. The minimum absolute atomic E-state index is 0.0197. The van der Waals surface area contributed by atoms with Crippen LogP contribution in [0.5, 0.6) is 0 Å². The van der Waals surface area contributed by atoms with Gasteiger partial charge in [0.1, 0.15) is 0 Å². The highest BCUT2D eigenvalue weighted by Crippen LogP contribution is 2.50. The number of nitro groups is 1. The molecule has 1 aromatic carbocycles. The zero-order chi connectivity index (χ0) is 11.0. The van der Waals surface area contributed by atoms with E-state index >= 15 is 0 Å². The third-order valence-corrected chi connectivity index (χ3v) is 2.64. The van der Waals surface area contributed by atoms with Gasteiger partial charge in [0.2, 0.25) is 0 Å². The van der Waals surface area contributed by atoms with Gasteiger partial charge >= 0.3 is 5.97 Å². The fourth-order valence-electron chi connectivity index (χ4n) is 1.78. The van der Waals surface area contributed by atoms with Gasteiger partial charge in [-0.3, -0.25) is 14.9 Å². The molecule has 2 rings (SSSR count). The maximum atomic E-state index is 10.7. The first-order valence-corrected chi connectivity index (χ1v) is 4.57. The molecule has 1 aromatic rings. The standard InChI is InChI=1S/C10H9NO4/c12-10(13)8-5-7(8)6-3-1-2-4-9(6)11(14)15/h1-4,7-8H,5H2,(H,12,13)/t7-,8-/m1/s1. The molecule has 15 heavy (non-hydrogen) atoms. The molecule has 78 valence electrons. The lowest BCUT2D eigenvalue weighted by Gasteiger charge is -1.99. The van der Waals surface area contributed by atoms with Crippen LogP contribution < -0.4 is 0 Å². The summed E-state index contributed by atoms with van der Waals surface area (Å²) in [5.74, 6) is -1.52. The molecule has 0 heterocycles. The smallest absolute Gasteiger partial charge is 0.307 e. The highest BCUT2D eigenvalue weighted by molar-refractivity contribution is 5.75. The first-order valence-electron chi connectivity index (χ1n) is 4.57. The van der Waals surface area contributed by atoms with Crippen molar-refractivity contribution in [2.45, 2.75) is 12.3 Å². The molecule has 1 saturated carbocycles. The second kappa shape index (κ2) is 3.34. The van der Waals surface area contributed by atoms with Crippen molar-refractivity contribution in [1.82, 2.24) is 0 Å². The molecular weight excluding hydrogens is 198 g/mol. The Morgan fingerprint density at radius 3 is 2.67 bits per heavy atom. The number of benzene rings is 1.